The van der Waals surface area contributed by atoms with Crippen molar-refractivity contribution in [3.63, 3.8) is 0 Å². The van der Waals surface area contributed by atoms with Gasteiger partial charge in [0.25, 0.3) is 0 Å². The fourth-order valence-electron chi connectivity index (χ4n) is 2.06. The van der Waals surface area contributed by atoms with Crippen LogP contribution in [0.2, 0.25) is 0 Å². The minimum atomic E-state index is 0.523. The summed E-state index contributed by atoms with van der Waals surface area (Å²) in [4.78, 5) is 0. The number of aryl methyl sites for hydroxylation is 1. The average molecular weight is 283 g/mol. The first-order chi connectivity index (χ1) is 10.2. The van der Waals surface area contributed by atoms with Gasteiger partial charge in [0.05, 0.1) is 0 Å². The topological polar surface area (TPSA) is 21.3 Å². The summed E-state index contributed by atoms with van der Waals surface area (Å²) in [6.45, 7) is 7.95. The first kappa shape index (κ1) is 15.6. The summed E-state index contributed by atoms with van der Waals surface area (Å²) in [6, 6.07) is 17.3. The van der Waals surface area contributed by atoms with Gasteiger partial charge in [-0.1, -0.05) is 55.0 Å². The van der Waals surface area contributed by atoms with Crippen molar-refractivity contribution in [3.05, 3.63) is 65.2 Å². The Morgan fingerprint density at radius 2 is 1.76 bits per heavy atom. The molecule has 0 amide bonds. The van der Waals surface area contributed by atoms with E-state index in [1.54, 1.807) is 0 Å². The maximum atomic E-state index is 5.99. The number of hydrogen-bond acceptors (Lipinski definition) is 2. The summed E-state index contributed by atoms with van der Waals surface area (Å²) < 4.78 is 5.99. The molecule has 2 nitrogen and oxygen atoms in total. The lowest BCUT2D eigenvalue weighted by Gasteiger charge is -2.15. The molecule has 0 saturated carbocycles. The third-order valence-corrected chi connectivity index (χ3v) is 3.74. The molecule has 2 aromatic carbocycles. The second-order valence-electron chi connectivity index (χ2n) is 5.57. The lowest BCUT2D eigenvalue weighted by atomic mass is 10.1. The zero-order valence-corrected chi connectivity index (χ0v) is 13.2. The Balaban J connectivity index is 1.97. The number of benzene rings is 2. The summed E-state index contributed by atoms with van der Waals surface area (Å²) in [5.74, 6) is 0.967. The maximum absolute atomic E-state index is 5.99. The smallest absolute Gasteiger partial charge is 0.124 e. The largest absolute Gasteiger partial charge is 0.489 e. The molecule has 0 radical (unpaired) electrons. The van der Waals surface area contributed by atoms with E-state index in [9.17, 15) is 0 Å². The van der Waals surface area contributed by atoms with Crippen molar-refractivity contribution >= 4 is 0 Å². The molecule has 112 valence electrons. The Hall–Kier alpha value is -1.80. The van der Waals surface area contributed by atoms with Crippen molar-refractivity contribution in [3.8, 4) is 5.75 Å². The number of ether oxygens (including phenoxy) is 1. The average Bonchev–Trinajstić information content (AvgIpc) is 2.52. The molecule has 1 N–H and O–H groups in total. The highest BCUT2D eigenvalue weighted by Crippen LogP contribution is 2.19. The lowest BCUT2D eigenvalue weighted by Crippen LogP contribution is -2.24. The van der Waals surface area contributed by atoms with Crippen molar-refractivity contribution < 1.29 is 4.74 Å². The predicted octanol–water partition coefficient (Wildman–Crippen LogP) is 4.46. The molecule has 1 unspecified atom stereocenters. The molecular weight excluding hydrogens is 258 g/mol. The molecule has 0 fully saturated rings. The van der Waals surface area contributed by atoms with Crippen LogP contribution in [0.25, 0.3) is 0 Å². The van der Waals surface area contributed by atoms with Crippen LogP contribution in [0.3, 0.4) is 0 Å². The van der Waals surface area contributed by atoms with Gasteiger partial charge in [0, 0.05) is 18.2 Å². The summed E-state index contributed by atoms with van der Waals surface area (Å²) >= 11 is 0. The molecule has 0 aliphatic carbocycles. The van der Waals surface area contributed by atoms with Crippen molar-refractivity contribution in [2.75, 3.05) is 0 Å². The van der Waals surface area contributed by atoms with Crippen molar-refractivity contribution in [2.45, 2.75) is 46.4 Å². The third-order valence-electron chi connectivity index (χ3n) is 3.74. The van der Waals surface area contributed by atoms with Crippen molar-refractivity contribution in [1.29, 1.82) is 0 Å². The Kier molecular flexibility index (Phi) is 5.82. The Bertz CT molecular complexity index is 548. The van der Waals surface area contributed by atoms with Crippen LogP contribution in [-0.2, 0) is 13.2 Å². The molecule has 0 saturated heterocycles. The van der Waals surface area contributed by atoms with Gasteiger partial charge in [-0.3, -0.25) is 0 Å². The van der Waals surface area contributed by atoms with E-state index in [2.05, 4.69) is 62.5 Å². The van der Waals surface area contributed by atoms with Gasteiger partial charge in [0.15, 0.2) is 0 Å². The van der Waals surface area contributed by atoms with Gasteiger partial charge in [0.1, 0.15) is 12.4 Å². The molecule has 2 heteroatoms. The Morgan fingerprint density at radius 3 is 2.48 bits per heavy atom. The van der Waals surface area contributed by atoms with Crippen molar-refractivity contribution in [1.82, 2.24) is 5.32 Å². The molecular formula is C19H25NO. The standard InChI is InChI=1S/C19H25NO/c1-4-16(3)20-13-18-7-5-6-8-19(18)21-14-17-11-9-15(2)10-12-17/h5-12,16,20H,4,13-14H2,1-3H3. The fraction of sp³-hybridized carbons (Fsp3) is 0.368. The minimum Gasteiger partial charge on any atom is -0.489 e. The van der Waals surface area contributed by atoms with Gasteiger partial charge < -0.3 is 10.1 Å². The highest BCUT2D eigenvalue weighted by Gasteiger charge is 2.05. The fourth-order valence-corrected chi connectivity index (χ4v) is 2.06. The van der Waals surface area contributed by atoms with Crippen LogP contribution >= 0.6 is 0 Å². The maximum Gasteiger partial charge on any atom is 0.124 e. The first-order valence-corrected chi connectivity index (χ1v) is 7.68. The van der Waals surface area contributed by atoms with Gasteiger partial charge in [0.2, 0.25) is 0 Å². The third kappa shape index (κ3) is 4.91. The summed E-state index contributed by atoms with van der Waals surface area (Å²) in [6.07, 6.45) is 1.13. The van der Waals surface area contributed by atoms with Crippen LogP contribution in [0.1, 0.15) is 37.0 Å². The second kappa shape index (κ2) is 7.84. The van der Waals surface area contributed by atoms with Crippen molar-refractivity contribution in [2.24, 2.45) is 0 Å². The first-order valence-electron chi connectivity index (χ1n) is 7.68. The van der Waals surface area contributed by atoms with E-state index in [-0.39, 0.29) is 0 Å². The molecule has 2 rings (SSSR count). The van der Waals surface area contributed by atoms with Crippen LogP contribution in [0.4, 0.5) is 0 Å². The van der Waals surface area contributed by atoms with Gasteiger partial charge in [-0.05, 0) is 31.9 Å². The van der Waals surface area contributed by atoms with Crippen LogP contribution in [0.15, 0.2) is 48.5 Å². The summed E-state index contributed by atoms with van der Waals surface area (Å²) in [5, 5.41) is 3.51. The molecule has 1 atom stereocenters. The number of rotatable bonds is 7. The van der Waals surface area contributed by atoms with Crippen LogP contribution in [-0.4, -0.2) is 6.04 Å². The van der Waals surface area contributed by atoms with Gasteiger partial charge in [-0.2, -0.15) is 0 Å². The minimum absolute atomic E-state index is 0.523. The van der Waals surface area contributed by atoms with E-state index in [4.69, 9.17) is 4.74 Å². The Labute approximate surface area is 128 Å². The van der Waals surface area contributed by atoms with E-state index in [1.165, 1.54) is 16.7 Å². The van der Waals surface area contributed by atoms with E-state index in [0.717, 1.165) is 18.7 Å². The lowest BCUT2D eigenvalue weighted by molar-refractivity contribution is 0.301. The van der Waals surface area contributed by atoms with Crippen LogP contribution in [0.5, 0.6) is 5.75 Å². The SMILES string of the molecule is CCC(C)NCc1ccccc1OCc1ccc(C)cc1. The van der Waals surface area contributed by atoms with E-state index < -0.39 is 0 Å². The van der Waals surface area contributed by atoms with Crippen LogP contribution < -0.4 is 10.1 Å². The molecule has 0 heterocycles. The normalized spacial score (nSPS) is 12.1. The highest BCUT2D eigenvalue weighted by molar-refractivity contribution is 5.33. The number of nitrogens with one attached hydrogen (secondary N) is 1. The zero-order chi connectivity index (χ0) is 15.1. The molecule has 0 bridgehead atoms. The van der Waals surface area contributed by atoms with Crippen LogP contribution in [0, 0.1) is 6.92 Å². The van der Waals surface area contributed by atoms with Gasteiger partial charge in [-0.15, -0.1) is 0 Å². The molecule has 0 aliphatic heterocycles. The van der Waals surface area contributed by atoms with Gasteiger partial charge in [-0.25, -0.2) is 0 Å². The highest BCUT2D eigenvalue weighted by atomic mass is 16.5. The zero-order valence-electron chi connectivity index (χ0n) is 13.2. The quantitative estimate of drug-likeness (QED) is 0.810. The second-order valence-corrected chi connectivity index (χ2v) is 5.57. The monoisotopic (exact) mass is 283 g/mol. The van der Waals surface area contributed by atoms with Gasteiger partial charge >= 0.3 is 0 Å². The Morgan fingerprint density at radius 1 is 1.05 bits per heavy atom. The number of para-hydroxylation sites is 1. The molecule has 0 spiro atoms. The van der Waals surface area contributed by atoms with E-state index in [0.29, 0.717) is 12.6 Å². The number of hydrogen-bond donors (Lipinski definition) is 1. The molecule has 21 heavy (non-hydrogen) atoms. The summed E-state index contributed by atoms with van der Waals surface area (Å²) in [7, 11) is 0. The van der Waals surface area contributed by atoms with E-state index >= 15 is 0 Å². The summed E-state index contributed by atoms with van der Waals surface area (Å²) in [5.41, 5.74) is 3.69. The van der Waals surface area contributed by atoms with E-state index in [1.807, 2.05) is 12.1 Å². The molecule has 0 aromatic heterocycles. The predicted molar refractivity (Wildman–Crippen MR) is 88.5 cm³/mol. The molecule has 0 aliphatic rings. The molecule has 2 aromatic rings.